The number of hydrogen-bond donors (Lipinski definition) is 2. The molecule has 0 amide bonds. The summed E-state index contributed by atoms with van der Waals surface area (Å²) in [6.45, 7) is 4.35. The van der Waals surface area contributed by atoms with Crippen LogP contribution in [0.3, 0.4) is 0 Å². The van der Waals surface area contributed by atoms with Gasteiger partial charge in [0.15, 0.2) is 0 Å². The Hall–Kier alpha value is -0.380. The van der Waals surface area contributed by atoms with E-state index in [4.69, 9.17) is 0 Å². The van der Waals surface area contributed by atoms with Crippen molar-refractivity contribution in [3.8, 4) is 0 Å². The van der Waals surface area contributed by atoms with Gasteiger partial charge in [-0.3, -0.25) is 4.57 Å². The molecule has 0 saturated heterocycles. The maximum Gasteiger partial charge on any atom is 0.201 e. The van der Waals surface area contributed by atoms with Crippen LogP contribution >= 0.6 is 7.37 Å². The molecule has 96 valence electrons. The van der Waals surface area contributed by atoms with Gasteiger partial charge in [-0.05, 0) is 12.3 Å². The van der Waals surface area contributed by atoms with Crippen LogP contribution in [-0.4, -0.2) is 29.7 Å². The summed E-state index contributed by atoms with van der Waals surface area (Å²) < 4.78 is 11.7. The molecule has 0 rings (SSSR count). The summed E-state index contributed by atoms with van der Waals surface area (Å²) in [6, 6.07) is 0. The van der Waals surface area contributed by atoms with E-state index in [9.17, 15) is 19.4 Å². The summed E-state index contributed by atoms with van der Waals surface area (Å²) in [6.07, 6.45) is 0.915. The molecule has 16 heavy (non-hydrogen) atoms. The first kappa shape index (κ1) is 15.6. The van der Waals surface area contributed by atoms with E-state index >= 15 is 0 Å². The van der Waals surface area contributed by atoms with Crippen LogP contribution in [0.5, 0.6) is 0 Å². The molecule has 6 heteroatoms. The molecule has 0 aliphatic carbocycles. The average molecular weight is 251 g/mol. The predicted molar refractivity (Wildman–Crippen MR) is 59.9 cm³/mol. The van der Waals surface area contributed by atoms with E-state index in [-0.39, 0.29) is 18.2 Å². The van der Waals surface area contributed by atoms with Gasteiger partial charge in [0, 0.05) is 30.6 Å². The molecule has 0 aliphatic heterocycles. The second-order valence-corrected chi connectivity index (χ2v) is 7.11. The lowest BCUT2D eigenvalue weighted by Gasteiger charge is -2.22. The van der Waals surface area contributed by atoms with Gasteiger partial charge in [-0.1, -0.05) is 13.8 Å². The molecular formula is C10H22NO4P. The molecule has 0 aliphatic rings. The van der Waals surface area contributed by atoms with Crippen LogP contribution in [-0.2, 0) is 9.36 Å². The topological polar surface area (TPSA) is 105 Å². The number of carbonyl (C=O) groups excluding carboxylic acids is 1. The van der Waals surface area contributed by atoms with Crippen molar-refractivity contribution in [1.82, 2.24) is 0 Å². The molecule has 0 aromatic rings. The Kier molecular flexibility index (Phi) is 6.88. The fourth-order valence-corrected chi connectivity index (χ4v) is 3.50. The molecule has 0 aromatic carbocycles. The number of carboxylic acids is 1. The Morgan fingerprint density at radius 1 is 1.50 bits per heavy atom. The quantitative estimate of drug-likeness (QED) is 0.556. The fraction of sp³-hybridized carbons (Fsp3) is 0.900. The molecule has 1 unspecified atom stereocenters. The van der Waals surface area contributed by atoms with Crippen molar-refractivity contribution in [3.63, 3.8) is 0 Å². The zero-order valence-electron chi connectivity index (χ0n) is 10.0. The second kappa shape index (κ2) is 7.05. The number of quaternary nitrogens is 1. The normalized spacial score (nSPS) is 17.1. The number of hydrogen-bond acceptors (Lipinski definition) is 3. The molecule has 0 heterocycles. The van der Waals surface area contributed by atoms with Crippen LogP contribution in [0.4, 0.5) is 0 Å². The maximum absolute atomic E-state index is 11.7. The van der Waals surface area contributed by atoms with Gasteiger partial charge in [-0.2, -0.15) is 0 Å². The van der Waals surface area contributed by atoms with Crippen LogP contribution < -0.4 is 10.8 Å². The van der Waals surface area contributed by atoms with Crippen LogP contribution in [0.1, 0.15) is 26.7 Å². The minimum Gasteiger partial charge on any atom is -0.550 e. The standard InChI is InChI=1S/C10H22NO4P/c1-8(2)6-9(10(12)13)7-16(14,15)5-3-4-11/h8-9H,3-7,11H2,1-2H3,(H,12,13)(H,14,15)/t9-/m0/s1. The number of carboxylic acid groups (broad SMARTS) is 1. The minimum absolute atomic E-state index is 0.151. The molecule has 5 nitrogen and oxygen atoms in total. The third-order valence-electron chi connectivity index (χ3n) is 2.35. The summed E-state index contributed by atoms with van der Waals surface area (Å²) in [5, 5.41) is 10.8. The highest BCUT2D eigenvalue weighted by Crippen LogP contribution is 2.43. The largest absolute Gasteiger partial charge is 0.550 e. The van der Waals surface area contributed by atoms with Crippen LogP contribution in [0.2, 0.25) is 0 Å². The number of aliphatic carboxylic acids is 1. The third kappa shape index (κ3) is 6.99. The van der Waals surface area contributed by atoms with E-state index in [1.807, 2.05) is 13.8 Å². The van der Waals surface area contributed by atoms with E-state index in [1.165, 1.54) is 0 Å². The molecule has 0 spiro atoms. The highest BCUT2D eigenvalue weighted by Gasteiger charge is 2.25. The van der Waals surface area contributed by atoms with E-state index in [1.54, 1.807) is 0 Å². The van der Waals surface area contributed by atoms with Gasteiger partial charge in [0.05, 0.1) is 6.54 Å². The Bertz CT molecular complexity index is 268. The van der Waals surface area contributed by atoms with Gasteiger partial charge in [0.1, 0.15) is 0 Å². The van der Waals surface area contributed by atoms with Gasteiger partial charge in [-0.15, -0.1) is 0 Å². The van der Waals surface area contributed by atoms with E-state index < -0.39 is 19.3 Å². The van der Waals surface area contributed by atoms with Crippen molar-refractivity contribution in [1.29, 1.82) is 0 Å². The summed E-state index contributed by atoms with van der Waals surface area (Å²) in [7, 11) is -3.34. The highest BCUT2D eigenvalue weighted by molar-refractivity contribution is 7.58. The second-order valence-electron chi connectivity index (χ2n) is 4.61. The lowest BCUT2D eigenvalue weighted by Crippen LogP contribution is -2.50. The van der Waals surface area contributed by atoms with Gasteiger partial charge in [-0.25, -0.2) is 0 Å². The number of rotatable bonds is 8. The Morgan fingerprint density at radius 3 is 2.44 bits per heavy atom. The van der Waals surface area contributed by atoms with Crippen molar-refractivity contribution in [3.05, 3.63) is 0 Å². The molecule has 0 fully saturated rings. The summed E-state index contributed by atoms with van der Waals surface area (Å²) in [5.41, 5.74) is 3.59. The fourth-order valence-electron chi connectivity index (χ4n) is 1.61. The highest BCUT2D eigenvalue weighted by atomic mass is 31.2. The van der Waals surface area contributed by atoms with Gasteiger partial charge in [0.25, 0.3) is 0 Å². The van der Waals surface area contributed by atoms with Gasteiger partial charge < -0.3 is 20.5 Å². The first-order valence-electron chi connectivity index (χ1n) is 5.59. The van der Waals surface area contributed by atoms with E-state index in [0.717, 1.165) is 0 Å². The van der Waals surface area contributed by atoms with E-state index in [2.05, 4.69) is 5.73 Å². The van der Waals surface area contributed by atoms with Crippen LogP contribution in [0.15, 0.2) is 0 Å². The smallest absolute Gasteiger partial charge is 0.201 e. The van der Waals surface area contributed by atoms with Gasteiger partial charge in [0.2, 0.25) is 7.37 Å². The molecule has 4 N–H and O–H groups in total. The summed E-state index contributed by atoms with van der Waals surface area (Å²) in [4.78, 5) is 20.4. The first-order chi connectivity index (χ1) is 7.28. The Morgan fingerprint density at radius 2 is 2.06 bits per heavy atom. The maximum atomic E-state index is 11.7. The lowest BCUT2D eigenvalue weighted by molar-refractivity contribution is -0.367. The third-order valence-corrected chi connectivity index (χ3v) is 4.38. The van der Waals surface area contributed by atoms with Crippen molar-refractivity contribution in [2.24, 2.45) is 11.8 Å². The molecular weight excluding hydrogens is 229 g/mol. The SMILES string of the molecule is CC(C)C[C@@H](CP(=O)(O)CCC[NH3+])C(=O)[O-]. The molecule has 0 aromatic heterocycles. The summed E-state index contributed by atoms with van der Waals surface area (Å²) >= 11 is 0. The predicted octanol–water partition coefficient (Wildman–Crippen LogP) is -0.699. The van der Waals surface area contributed by atoms with Crippen molar-refractivity contribution >= 4 is 13.3 Å². The minimum atomic E-state index is -3.34. The zero-order chi connectivity index (χ0) is 12.8. The molecule has 2 atom stereocenters. The number of carbonyl (C=O) groups is 1. The average Bonchev–Trinajstić information content (AvgIpc) is 2.12. The van der Waals surface area contributed by atoms with Crippen molar-refractivity contribution in [2.45, 2.75) is 26.7 Å². The van der Waals surface area contributed by atoms with E-state index in [0.29, 0.717) is 19.4 Å². The summed E-state index contributed by atoms with van der Waals surface area (Å²) in [5.74, 6) is -1.87. The monoisotopic (exact) mass is 251 g/mol. The molecule has 0 radical (unpaired) electrons. The molecule has 0 saturated carbocycles. The van der Waals surface area contributed by atoms with Crippen molar-refractivity contribution in [2.75, 3.05) is 18.9 Å². The van der Waals surface area contributed by atoms with Crippen molar-refractivity contribution < 1.29 is 25.1 Å². The lowest BCUT2D eigenvalue weighted by atomic mass is 9.99. The Balaban J connectivity index is 4.37. The van der Waals surface area contributed by atoms with Crippen LogP contribution in [0.25, 0.3) is 0 Å². The Labute approximate surface area is 96.5 Å². The first-order valence-corrected chi connectivity index (χ1v) is 7.62. The molecule has 0 bridgehead atoms. The zero-order valence-corrected chi connectivity index (χ0v) is 10.9. The van der Waals surface area contributed by atoms with Crippen LogP contribution in [0, 0.1) is 11.8 Å². The van der Waals surface area contributed by atoms with Gasteiger partial charge >= 0.3 is 0 Å².